The van der Waals surface area contributed by atoms with Crippen LogP contribution >= 0.6 is 11.3 Å². The minimum atomic E-state index is -0.499. The largest absolute Gasteiger partial charge is 0.371 e. The fourth-order valence-corrected chi connectivity index (χ4v) is 2.74. The summed E-state index contributed by atoms with van der Waals surface area (Å²) in [7, 11) is 0. The molecule has 110 valence electrons. The lowest BCUT2D eigenvalue weighted by Gasteiger charge is -2.13. The summed E-state index contributed by atoms with van der Waals surface area (Å²) in [4.78, 5) is 26.8. The van der Waals surface area contributed by atoms with Crippen molar-refractivity contribution in [3.05, 3.63) is 50.0 Å². The average Bonchev–Trinajstić information content (AvgIpc) is 2.96. The van der Waals surface area contributed by atoms with E-state index in [1.807, 2.05) is 13.1 Å². The maximum absolute atomic E-state index is 11.1. The van der Waals surface area contributed by atoms with Gasteiger partial charge in [0, 0.05) is 22.7 Å². The molecule has 0 spiro atoms. The molecule has 0 aliphatic heterocycles. The molecule has 0 saturated heterocycles. The Labute approximate surface area is 126 Å². The van der Waals surface area contributed by atoms with Crippen LogP contribution in [-0.2, 0) is 6.42 Å². The predicted octanol–water partition coefficient (Wildman–Crippen LogP) is 3.60. The quantitative estimate of drug-likeness (QED) is 0.500. The average molecular weight is 305 g/mol. The lowest BCUT2D eigenvalue weighted by Crippen LogP contribution is -2.08. The van der Waals surface area contributed by atoms with Crippen molar-refractivity contribution in [3.8, 4) is 0 Å². The number of nitrogens with zero attached hydrogens (tertiary/aromatic N) is 2. The molecule has 0 radical (unpaired) electrons. The number of anilines is 1. The van der Waals surface area contributed by atoms with Crippen LogP contribution in [0.2, 0.25) is 0 Å². The molecule has 2 aromatic rings. The number of thiazole rings is 1. The Kier molecular flexibility index (Phi) is 4.64. The number of aryl methyl sites for hydroxylation is 1. The van der Waals surface area contributed by atoms with Crippen molar-refractivity contribution >= 4 is 29.0 Å². The standard InChI is InChI=1S/C14H15N3O3S/c1-3-11-7-15-14(21-11)9(2)16-12-5-4-10(8-18)6-13(12)17(19)20/h4-9,16H,3H2,1-2H3. The van der Waals surface area contributed by atoms with E-state index in [1.54, 1.807) is 23.5 Å². The number of aldehydes is 1. The molecule has 7 heteroatoms. The third-order valence-corrected chi connectivity index (χ3v) is 4.34. The number of rotatable bonds is 6. The molecule has 1 heterocycles. The molecule has 0 saturated carbocycles. The van der Waals surface area contributed by atoms with E-state index in [2.05, 4.69) is 17.2 Å². The van der Waals surface area contributed by atoms with Gasteiger partial charge in [-0.1, -0.05) is 6.92 Å². The van der Waals surface area contributed by atoms with Crippen LogP contribution in [0.1, 0.15) is 40.1 Å². The second kappa shape index (κ2) is 6.45. The number of carbonyl (C=O) groups is 1. The number of hydrogen-bond donors (Lipinski definition) is 1. The zero-order valence-corrected chi connectivity index (χ0v) is 12.5. The number of hydrogen-bond acceptors (Lipinski definition) is 6. The maximum Gasteiger partial charge on any atom is 0.293 e. The second-order valence-corrected chi connectivity index (χ2v) is 5.68. The van der Waals surface area contributed by atoms with Crippen molar-refractivity contribution < 1.29 is 9.72 Å². The van der Waals surface area contributed by atoms with Gasteiger partial charge in [0.2, 0.25) is 0 Å². The maximum atomic E-state index is 11.1. The molecular weight excluding hydrogens is 290 g/mol. The van der Waals surface area contributed by atoms with Crippen LogP contribution < -0.4 is 5.32 Å². The Morgan fingerprint density at radius 2 is 2.29 bits per heavy atom. The fraction of sp³-hybridized carbons (Fsp3) is 0.286. The molecule has 6 nitrogen and oxygen atoms in total. The van der Waals surface area contributed by atoms with Crippen molar-refractivity contribution in [1.82, 2.24) is 4.98 Å². The summed E-state index contributed by atoms with van der Waals surface area (Å²) in [5.41, 5.74) is 0.549. The zero-order valence-electron chi connectivity index (χ0n) is 11.7. The first-order valence-electron chi connectivity index (χ1n) is 6.50. The Balaban J connectivity index is 2.25. The molecule has 0 aliphatic rings. The van der Waals surface area contributed by atoms with Gasteiger partial charge in [-0.15, -0.1) is 11.3 Å². The number of aromatic nitrogens is 1. The van der Waals surface area contributed by atoms with Gasteiger partial charge in [-0.3, -0.25) is 14.9 Å². The summed E-state index contributed by atoms with van der Waals surface area (Å²) in [5.74, 6) is 0. The van der Waals surface area contributed by atoms with Crippen molar-refractivity contribution in [2.24, 2.45) is 0 Å². The van der Waals surface area contributed by atoms with Crippen LogP contribution in [-0.4, -0.2) is 16.2 Å². The highest BCUT2D eigenvalue weighted by Crippen LogP contribution is 2.30. The van der Waals surface area contributed by atoms with Gasteiger partial charge in [0.1, 0.15) is 17.0 Å². The van der Waals surface area contributed by atoms with Crippen LogP contribution in [0.5, 0.6) is 0 Å². The molecule has 21 heavy (non-hydrogen) atoms. The van der Waals surface area contributed by atoms with Crippen LogP contribution in [0, 0.1) is 10.1 Å². The molecule has 1 aromatic carbocycles. The lowest BCUT2D eigenvalue weighted by atomic mass is 10.1. The summed E-state index contributed by atoms with van der Waals surface area (Å²) in [6, 6.07) is 4.22. The highest BCUT2D eigenvalue weighted by molar-refractivity contribution is 7.11. The molecule has 1 atom stereocenters. The Morgan fingerprint density at radius 1 is 1.52 bits per heavy atom. The first kappa shape index (κ1) is 15.1. The summed E-state index contributed by atoms with van der Waals surface area (Å²) < 4.78 is 0. The van der Waals surface area contributed by atoms with Crippen LogP contribution in [0.25, 0.3) is 0 Å². The minimum absolute atomic E-state index is 0.112. The van der Waals surface area contributed by atoms with E-state index in [0.717, 1.165) is 11.4 Å². The molecule has 1 unspecified atom stereocenters. The van der Waals surface area contributed by atoms with Crippen molar-refractivity contribution in [2.75, 3.05) is 5.32 Å². The molecule has 2 rings (SSSR count). The third kappa shape index (κ3) is 3.43. The van der Waals surface area contributed by atoms with E-state index in [0.29, 0.717) is 12.0 Å². The van der Waals surface area contributed by atoms with Crippen LogP contribution in [0.4, 0.5) is 11.4 Å². The van der Waals surface area contributed by atoms with Gasteiger partial charge in [0.25, 0.3) is 5.69 Å². The van der Waals surface area contributed by atoms with Crippen molar-refractivity contribution in [2.45, 2.75) is 26.3 Å². The van der Waals surface area contributed by atoms with Gasteiger partial charge in [-0.2, -0.15) is 0 Å². The van der Waals surface area contributed by atoms with E-state index in [9.17, 15) is 14.9 Å². The Hall–Kier alpha value is -2.28. The number of nitrogens with one attached hydrogen (secondary N) is 1. The first-order valence-corrected chi connectivity index (χ1v) is 7.31. The lowest BCUT2D eigenvalue weighted by molar-refractivity contribution is -0.384. The van der Waals surface area contributed by atoms with E-state index >= 15 is 0 Å². The van der Waals surface area contributed by atoms with Crippen LogP contribution in [0.3, 0.4) is 0 Å². The predicted molar refractivity (Wildman–Crippen MR) is 82.0 cm³/mol. The normalized spacial score (nSPS) is 11.9. The molecular formula is C14H15N3O3S. The molecule has 0 fully saturated rings. The van der Waals surface area contributed by atoms with Gasteiger partial charge in [0.15, 0.2) is 0 Å². The Morgan fingerprint density at radius 3 is 2.86 bits per heavy atom. The van der Waals surface area contributed by atoms with Gasteiger partial charge in [-0.25, -0.2) is 4.98 Å². The van der Waals surface area contributed by atoms with E-state index in [4.69, 9.17) is 0 Å². The number of nitro benzene ring substituents is 1. The molecule has 0 aliphatic carbocycles. The number of nitro groups is 1. The smallest absolute Gasteiger partial charge is 0.293 e. The van der Waals surface area contributed by atoms with E-state index in [-0.39, 0.29) is 17.3 Å². The topological polar surface area (TPSA) is 85.1 Å². The zero-order chi connectivity index (χ0) is 15.4. The second-order valence-electron chi connectivity index (χ2n) is 4.54. The summed E-state index contributed by atoms with van der Waals surface area (Å²) in [5, 5.41) is 15.1. The SMILES string of the molecule is CCc1cnc(C(C)Nc2ccc(C=O)cc2[N+](=O)[O-])s1. The van der Waals surface area contributed by atoms with Gasteiger partial charge in [-0.05, 0) is 25.5 Å². The van der Waals surface area contributed by atoms with Gasteiger partial charge in [0.05, 0.1) is 11.0 Å². The first-order chi connectivity index (χ1) is 10.0. The summed E-state index contributed by atoms with van der Waals surface area (Å²) >= 11 is 1.58. The fourth-order valence-electron chi connectivity index (χ4n) is 1.88. The van der Waals surface area contributed by atoms with E-state index < -0.39 is 4.92 Å². The van der Waals surface area contributed by atoms with Crippen LogP contribution in [0.15, 0.2) is 24.4 Å². The van der Waals surface area contributed by atoms with Gasteiger partial charge < -0.3 is 5.32 Å². The minimum Gasteiger partial charge on any atom is -0.371 e. The summed E-state index contributed by atoms with van der Waals surface area (Å²) in [6.45, 7) is 3.95. The molecule has 1 N–H and O–H groups in total. The molecule has 0 amide bonds. The number of benzene rings is 1. The molecule has 1 aromatic heterocycles. The number of carbonyl (C=O) groups excluding carboxylic acids is 1. The Bertz CT molecular complexity index is 669. The van der Waals surface area contributed by atoms with Gasteiger partial charge >= 0.3 is 0 Å². The monoisotopic (exact) mass is 305 g/mol. The van der Waals surface area contributed by atoms with Crippen molar-refractivity contribution in [3.63, 3.8) is 0 Å². The third-order valence-electron chi connectivity index (χ3n) is 3.02. The van der Waals surface area contributed by atoms with E-state index in [1.165, 1.54) is 10.9 Å². The van der Waals surface area contributed by atoms with Crippen molar-refractivity contribution in [1.29, 1.82) is 0 Å². The highest BCUT2D eigenvalue weighted by Gasteiger charge is 2.18. The highest BCUT2D eigenvalue weighted by atomic mass is 32.1. The summed E-state index contributed by atoms with van der Waals surface area (Å²) in [6.07, 6.45) is 3.33. The molecule has 0 bridgehead atoms.